The Balaban J connectivity index is 0.00000242. The number of nitrogens with zero attached hydrogens (tertiary/aromatic N) is 2. The Morgan fingerprint density at radius 2 is 1.91 bits per heavy atom. The fraction of sp³-hybridized carbons (Fsp3) is 0.467. The minimum atomic E-state index is -0.791. The molecule has 7 heteroatoms. The fourth-order valence-corrected chi connectivity index (χ4v) is 2.12. The summed E-state index contributed by atoms with van der Waals surface area (Å²) in [5.41, 5.74) is -0.392. The summed E-state index contributed by atoms with van der Waals surface area (Å²) in [7, 11) is 0. The van der Waals surface area contributed by atoms with Crippen LogP contribution in [0, 0.1) is 10.2 Å². The molecule has 0 amide bonds. The van der Waals surface area contributed by atoms with Crippen LogP contribution in [0.3, 0.4) is 0 Å². The number of hydrogen-bond donors (Lipinski definition) is 2. The van der Waals surface area contributed by atoms with Gasteiger partial charge in [-0.25, -0.2) is 9.67 Å². The highest BCUT2D eigenvalue weighted by Gasteiger charge is 2.34. The zero-order valence-electron chi connectivity index (χ0n) is 12.1. The van der Waals surface area contributed by atoms with Crippen molar-refractivity contribution in [2.24, 2.45) is 5.41 Å². The van der Waals surface area contributed by atoms with Gasteiger partial charge < -0.3 is 9.84 Å². The van der Waals surface area contributed by atoms with E-state index in [0.717, 1.165) is 0 Å². The molecule has 122 valence electrons. The van der Waals surface area contributed by atoms with Crippen LogP contribution in [-0.2, 0) is 0 Å². The molecule has 22 heavy (non-hydrogen) atoms. The molecule has 1 aromatic carbocycles. The van der Waals surface area contributed by atoms with Gasteiger partial charge in [-0.05, 0) is 41.9 Å². The summed E-state index contributed by atoms with van der Waals surface area (Å²) < 4.78 is 7.74. The van der Waals surface area contributed by atoms with Crippen molar-refractivity contribution in [3.05, 3.63) is 40.4 Å². The SMILES string of the molecule is C.CC(C)(C)C(O)C(Oc1ccc(Cl)cc1)n1[nH]cnc1=S. The zero-order valence-corrected chi connectivity index (χ0v) is 13.6. The summed E-state index contributed by atoms with van der Waals surface area (Å²) in [6, 6.07) is 6.93. The van der Waals surface area contributed by atoms with Crippen LogP contribution in [0.2, 0.25) is 5.02 Å². The summed E-state index contributed by atoms with van der Waals surface area (Å²) in [6.07, 6.45) is -0.0304. The summed E-state index contributed by atoms with van der Waals surface area (Å²) in [4.78, 5) is 3.97. The van der Waals surface area contributed by atoms with Crippen molar-refractivity contribution >= 4 is 23.8 Å². The number of H-pyrrole nitrogens is 1. The van der Waals surface area contributed by atoms with Gasteiger partial charge >= 0.3 is 0 Å². The van der Waals surface area contributed by atoms with Crippen molar-refractivity contribution < 1.29 is 9.84 Å². The molecule has 0 aliphatic heterocycles. The Hall–Kier alpha value is -1.37. The first-order valence-electron chi connectivity index (χ1n) is 6.51. The Kier molecular flexibility index (Phi) is 6.17. The number of aliphatic hydroxyl groups excluding tert-OH is 1. The lowest BCUT2D eigenvalue weighted by atomic mass is 9.88. The molecule has 0 saturated heterocycles. The number of hydrogen-bond acceptors (Lipinski definition) is 4. The highest BCUT2D eigenvalue weighted by Crippen LogP contribution is 2.30. The lowest BCUT2D eigenvalue weighted by Crippen LogP contribution is -2.39. The molecule has 0 saturated carbocycles. The second-order valence-corrected chi connectivity index (χ2v) is 6.61. The molecule has 0 bridgehead atoms. The van der Waals surface area contributed by atoms with Crippen LogP contribution in [0.15, 0.2) is 30.6 Å². The first-order valence-corrected chi connectivity index (χ1v) is 7.30. The van der Waals surface area contributed by atoms with Crippen molar-refractivity contribution in [1.29, 1.82) is 0 Å². The second-order valence-electron chi connectivity index (χ2n) is 5.81. The van der Waals surface area contributed by atoms with Crippen LogP contribution in [0.4, 0.5) is 0 Å². The Bertz CT molecular complexity index is 646. The molecule has 0 aliphatic carbocycles. The van der Waals surface area contributed by atoms with E-state index >= 15 is 0 Å². The van der Waals surface area contributed by atoms with Crippen LogP contribution in [0.1, 0.15) is 34.4 Å². The predicted octanol–water partition coefficient (Wildman–Crippen LogP) is 4.21. The maximum Gasteiger partial charge on any atom is 0.219 e. The molecule has 2 unspecified atom stereocenters. The van der Waals surface area contributed by atoms with E-state index < -0.39 is 17.7 Å². The highest BCUT2D eigenvalue weighted by atomic mass is 35.5. The molecule has 0 aliphatic rings. The first kappa shape index (κ1) is 18.7. The molecule has 0 fully saturated rings. The van der Waals surface area contributed by atoms with Crippen molar-refractivity contribution in [3.8, 4) is 5.75 Å². The quantitative estimate of drug-likeness (QED) is 0.816. The van der Waals surface area contributed by atoms with Crippen molar-refractivity contribution in [3.63, 3.8) is 0 Å². The van der Waals surface area contributed by atoms with E-state index in [1.807, 2.05) is 20.8 Å². The van der Waals surface area contributed by atoms with Crippen LogP contribution >= 0.6 is 23.8 Å². The normalized spacial score (nSPS) is 14.0. The summed E-state index contributed by atoms with van der Waals surface area (Å²) >= 11 is 11.0. The van der Waals surface area contributed by atoms with E-state index in [-0.39, 0.29) is 7.43 Å². The summed E-state index contributed by atoms with van der Waals surface area (Å²) in [5.74, 6) is 0.587. The molecule has 2 aromatic rings. The van der Waals surface area contributed by atoms with Crippen LogP contribution in [0.25, 0.3) is 0 Å². The molecule has 2 N–H and O–H groups in total. The molecular formula is C15H22ClN3O2S. The number of halogens is 1. The molecule has 2 rings (SSSR count). The van der Waals surface area contributed by atoms with Gasteiger partial charge in [0.15, 0.2) is 0 Å². The monoisotopic (exact) mass is 343 g/mol. The zero-order chi connectivity index (χ0) is 15.6. The van der Waals surface area contributed by atoms with Gasteiger partial charge in [0.1, 0.15) is 18.2 Å². The van der Waals surface area contributed by atoms with Gasteiger partial charge in [0.25, 0.3) is 0 Å². The molecular weight excluding hydrogens is 322 g/mol. The van der Waals surface area contributed by atoms with Crippen LogP contribution in [0.5, 0.6) is 5.75 Å². The summed E-state index contributed by atoms with van der Waals surface area (Å²) in [6.45, 7) is 5.78. The molecule has 1 heterocycles. The Morgan fingerprint density at radius 3 is 2.36 bits per heavy atom. The van der Waals surface area contributed by atoms with E-state index in [1.165, 1.54) is 11.0 Å². The highest BCUT2D eigenvalue weighted by molar-refractivity contribution is 7.71. The van der Waals surface area contributed by atoms with Crippen LogP contribution < -0.4 is 4.74 Å². The number of aromatic nitrogens is 3. The molecule has 0 radical (unpaired) electrons. The van der Waals surface area contributed by atoms with Gasteiger partial charge in [-0.1, -0.05) is 39.8 Å². The van der Waals surface area contributed by atoms with Gasteiger partial charge in [-0.2, -0.15) is 0 Å². The molecule has 0 spiro atoms. The molecule has 2 atom stereocenters. The van der Waals surface area contributed by atoms with Gasteiger partial charge in [-0.15, -0.1) is 0 Å². The Morgan fingerprint density at radius 1 is 1.32 bits per heavy atom. The van der Waals surface area contributed by atoms with Crippen molar-refractivity contribution in [2.75, 3.05) is 0 Å². The van der Waals surface area contributed by atoms with Crippen molar-refractivity contribution in [2.45, 2.75) is 40.5 Å². The smallest absolute Gasteiger partial charge is 0.219 e. The number of aromatic amines is 1. The first-order chi connectivity index (χ1) is 9.79. The average Bonchev–Trinajstić information content (AvgIpc) is 2.82. The van der Waals surface area contributed by atoms with Crippen molar-refractivity contribution in [1.82, 2.24) is 14.8 Å². The van der Waals surface area contributed by atoms with Gasteiger partial charge in [0, 0.05) is 5.02 Å². The number of rotatable bonds is 4. The minimum absolute atomic E-state index is 0. The van der Waals surface area contributed by atoms with E-state index in [2.05, 4.69) is 10.1 Å². The standard InChI is InChI=1S/C14H18ClN3O2S.CH4/c1-14(2,3)11(19)12(18-13(21)16-8-17-18)20-10-6-4-9(15)5-7-10;/h4-8,11-12,19H,1-3H3,(H,16,17,21);1H4. The maximum absolute atomic E-state index is 10.6. The van der Waals surface area contributed by atoms with Gasteiger partial charge in [-0.3, -0.25) is 5.10 Å². The third-order valence-electron chi connectivity index (χ3n) is 3.06. The topological polar surface area (TPSA) is 63.1 Å². The maximum atomic E-state index is 10.6. The molecule has 5 nitrogen and oxygen atoms in total. The Labute approximate surface area is 140 Å². The predicted molar refractivity (Wildman–Crippen MR) is 90.7 cm³/mol. The lowest BCUT2D eigenvalue weighted by Gasteiger charge is -2.33. The van der Waals surface area contributed by atoms with E-state index in [0.29, 0.717) is 15.5 Å². The third-order valence-corrected chi connectivity index (χ3v) is 3.61. The fourth-order valence-electron chi connectivity index (χ4n) is 1.78. The lowest BCUT2D eigenvalue weighted by molar-refractivity contribution is -0.0737. The van der Waals surface area contributed by atoms with Gasteiger partial charge in [0.05, 0.1) is 0 Å². The van der Waals surface area contributed by atoms with E-state index in [1.54, 1.807) is 24.3 Å². The third kappa shape index (κ3) is 4.32. The number of nitrogens with one attached hydrogen (secondary N) is 1. The number of ether oxygens (including phenoxy) is 1. The molecule has 1 aromatic heterocycles. The average molecular weight is 344 g/mol. The second kappa shape index (κ2) is 7.26. The van der Waals surface area contributed by atoms with E-state index in [4.69, 9.17) is 28.6 Å². The van der Waals surface area contributed by atoms with Crippen LogP contribution in [-0.4, -0.2) is 26.0 Å². The minimum Gasteiger partial charge on any atom is -0.466 e. The van der Waals surface area contributed by atoms with Gasteiger partial charge in [0.2, 0.25) is 11.0 Å². The van der Waals surface area contributed by atoms with E-state index in [9.17, 15) is 5.11 Å². The largest absolute Gasteiger partial charge is 0.466 e. The summed E-state index contributed by atoms with van der Waals surface area (Å²) in [5, 5.41) is 14.1. The number of benzene rings is 1. The number of aliphatic hydroxyl groups is 1.